The number of anilines is 1. The van der Waals surface area contributed by atoms with Crippen LogP contribution in [0.2, 0.25) is 0 Å². The molecule has 0 aliphatic rings. The van der Waals surface area contributed by atoms with Gasteiger partial charge in [0, 0.05) is 6.08 Å². The van der Waals surface area contributed by atoms with Crippen LogP contribution >= 0.6 is 11.3 Å². The van der Waals surface area contributed by atoms with E-state index >= 15 is 0 Å². The van der Waals surface area contributed by atoms with Crippen LogP contribution in [0.15, 0.2) is 42.5 Å². The number of carbonyl (C=O) groups is 1. The molecule has 0 aliphatic carbocycles. The average molecular weight is 339 g/mol. The smallest absolute Gasteiger partial charge is 0.250 e. The van der Waals surface area contributed by atoms with Crippen LogP contribution in [0.25, 0.3) is 16.8 Å². The van der Waals surface area contributed by atoms with Gasteiger partial charge in [0.05, 0.1) is 7.11 Å². The predicted molar refractivity (Wildman–Crippen MR) is 97.5 cm³/mol. The molecule has 0 radical (unpaired) electrons. The molecule has 1 N–H and O–H groups in total. The lowest BCUT2D eigenvalue weighted by atomic mass is 10.1. The van der Waals surface area contributed by atoms with Crippen LogP contribution in [0.4, 0.5) is 5.13 Å². The molecule has 3 aromatic rings. The second kappa shape index (κ2) is 7.23. The SMILES string of the molecule is CCc1nnc(NC(=O)/C=C/c2ccc3cc(OC)ccc3c2)s1. The Kier molecular flexibility index (Phi) is 4.86. The van der Waals surface area contributed by atoms with Crippen LogP contribution in [0, 0.1) is 0 Å². The molecule has 24 heavy (non-hydrogen) atoms. The van der Waals surface area contributed by atoms with Gasteiger partial charge >= 0.3 is 0 Å². The summed E-state index contributed by atoms with van der Waals surface area (Å²) >= 11 is 1.39. The van der Waals surface area contributed by atoms with Gasteiger partial charge in [-0.3, -0.25) is 10.1 Å². The Morgan fingerprint density at radius 2 is 2.00 bits per heavy atom. The van der Waals surface area contributed by atoms with Gasteiger partial charge in [0.25, 0.3) is 0 Å². The third kappa shape index (κ3) is 3.78. The molecular weight excluding hydrogens is 322 g/mol. The zero-order valence-corrected chi connectivity index (χ0v) is 14.3. The van der Waals surface area contributed by atoms with Crippen LogP contribution in [0.3, 0.4) is 0 Å². The third-order valence-electron chi connectivity index (χ3n) is 3.50. The maximum atomic E-state index is 12.0. The summed E-state index contributed by atoms with van der Waals surface area (Å²) < 4.78 is 5.22. The van der Waals surface area contributed by atoms with Gasteiger partial charge in [0.2, 0.25) is 11.0 Å². The van der Waals surface area contributed by atoms with E-state index in [0.29, 0.717) is 5.13 Å². The standard InChI is InChI=1S/C18H17N3O2S/c1-3-17-20-21-18(24-17)19-16(22)9-5-12-4-6-14-11-15(23-2)8-7-13(14)10-12/h4-11H,3H2,1-2H3,(H,19,21,22)/b9-5+. The Bertz CT molecular complexity index is 902. The highest BCUT2D eigenvalue weighted by molar-refractivity contribution is 7.15. The van der Waals surface area contributed by atoms with Crippen molar-refractivity contribution in [2.75, 3.05) is 12.4 Å². The predicted octanol–water partition coefficient (Wildman–Crippen LogP) is 3.91. The maximum Gasteiger partial charge on any atom is 0.250 e. The Morgan fingerprint density at radius 1 is 1.21 bits per heavy atom. The number of ether oxygens (including phenoxy) is 1. The molecule has 0 atom stereocenters. The summed E-state index contributed by atoms with van der Waals surface area (Å²) in [6.45, 7) is 2.00. The van der Waals surface area contributed by atoms with Crippen LogP contribution in [0.1, 0.15) is 17.5 Å². The third-order valence-corrected chi connectivity index (χ3v) is 4.48. The van der Waals surface area contributed by atoms with E-state index in [1.54, 1.807) is 13.2 Å². The van der Waals surface area contributed by atoms with Crippen molar-refractivity contribution in [2.24, 2.45) is 0 Å². The minimum absolute atomic E-state index is 0.219. The first-order valence-electron chi connectivity index (χ1n) is 7.57. The number of nitrogens with zero attached hydrogens (tertiary/aromatic N) is 2. The quantitative estimate of drug-likeness (QED) is 0.716. The van der Waals surface area contributed by atoms with E-state index in [1.165, 1.54) is 17.4 Å². The molecule has 6 heteroatoms. The number of aromatic nitrogens is 2. The molecule has 0 saturated heterocycles. The van der Waals surface area contributed by atoms with Crippen LogP contribution < -0.4 is 10.1 Å². The molecule has 0 bridgehead atoms. The summed E-state index contributed by atoms with van der Waals surface area (Å²) in [4.78, 5) is 12.0. The molecule has 0 fully saturated rings. The van der Waals surface area contributed by atoms with Gasteiger partial charge in [-0.15, -0.1) is 10.2 Å². The van der Waals surface area contributed by atoms with Crippen LogP contribution in [-0.2, 0) is 11.2 Å². The first kappa shape index (κ1) is 16.1. The number of hydrogen-bond donors (Lipinski definition) is 1. The monoisotopic (exact) mass is 339 g/mol. The molecule has 5 nitrogen and oxygen atoms in total. The van der Waals surface area contributed by atoms with Crippen molar-refractivity contribution >= 4 is 39.2 Å². The fourth-order valence-electron chi connectivity index (χ4n) is 2.24. The number of aryl methyl sites for hydroxylation is 1. The van der Waals surface area contributed by atoms with Crippen molar-refractivity contribution in [3.63, 3.8) is 0 Å². The molecule has 0 saturated carbocycles. The summed E-state index contributed by atoms with van der Waals surface area (Å²) in [6, 6.07) is 11.9. The summed E-state index contributed by atoms with van der Waals surface area (Å²) in [5, 5.41) is 14.2. The fraction of sp³-hybridized carbons (Fsp3) is 0.167. The van der Waals surface area contributed by atoms with Gasteiger partial charge in [-0.05, 0) is 47.0 Å². The van der Waals surface area contributed by atoms with Gasteiger partial charge in [-0.1, -0.05) is 36.5 Å². The number of hydrogen-bond acceptors (Lipinski definition) is 5. The number of nitrogens with one attached hydrogen (secondary N) is 1. The van der Waals surface area contributed by atoms with Crippen LogP contribution in [-0.4, -0.2) is 23.2 Å². The first-order valence-corrected chi connectivity index (χ1v) is 8.39. The number of amides is 1. The van der Waals surface area contributed by atoms with Gasteiger partial charge in [-0.25, -0.2) is 0 Å². The lowest BCUT2D eigenvalue weighted by Crippen LogP contribution is -2.07. The zero-order chi connectivity index (χ0) is 16.9. The molecule has 1 amide bonds. The normalized spacial score (nSPS) is 11.1. The second-order valence-corrected chi connectivity index (χ2v) is 6.21. The molecule has 3 rings (SSSR count). The topological polar surface area (TPSA) is 64.1 Å². The van der Waals surface area contributed by atoms with Crippen LogP contribution in [0.5, 0.6) is 5.75 Å². The number of carbonyl (C=O) groups excluding carboxylic acids is 1. The van der Waals surface area contributed by atoms with Crippen molar-refractivity contribution in [1.82, 2.24) is 10.2 Å². The number of methoxy groups -OCH3 is 1. The van der Waals surface area contributed by atoms with Gasteiger partial charge in [0.1, 0.15) is 10.8 Å². The van der Waals surface area contributed by atoms with E-state index in [4.69, 9.17) is 4.74 Å². The van der Waals surface area contributed by atoms with Gasteiger partial charge < -0.3 is 4.74 Å². The molecule has 1 heterocycles. The Morgan fingerprint density at radius 3 is 2.75 bits per heavy atom. The molecule has 2 aromatic carbocycles. The minimum atomic E-state index is -0.219. The van der Waals surface area contributed by atoms with Crippen molar-refractivity contribution in [3.8, 4) is 5.75 Å². The fourth-order valence-corrected chi connectivity index (χ4v) is 2.92. The lowest BCUT2D eigenvalue weighted by molar-refractivity contribution is -0.111. The van der Waals surface area contributed by atoms with E-state index in [2.05, 4.69) is 15.5 Å². The van der Waals surface area contributed by atoms with E-state index in [9.17, 15) is 4.79 Å². The first-order chi connectivity index (χ1) is 11.7. The Hall–Kier alpha value is -2.73. The molecule has 122 valence electrons. The highest BCUT2D eigenvalue weighted by Crippen LogP contribution is 2.22. The van der Waals surface area contributed by atoms with Crippen molar-refractivity contribution in [1.29, 1.82) is 0 Å². The summed E-state index contributed by atoms with van der Waals surface area (Å²) in [6.07, 6.45) is 4.09. The van der Waals surface area contributed by atoms with Crippen molar-refractivity contribution in [2.45, 2.75) is 13.3 Å². The Labute approximate surface area is 144 Å². The largest absolute Gasteiger partial charge is 0.497 e. The highest BCUT2D eigenvalue weighted by atomic mass is 32.1. The maximum absolute atomic E-state index is 12.0. The molecule has 1 aromatic heterocycles. The molecule has 0 unspecified atom stereocenters. The molecular formula is C18H17N3O2S. The number of fused-ring (bicyclic) bond motifs is 1. The minimum Gasteiger partial charge on any atom is -0.497 e. The molecule has 0 aliphatic heterocycles. The van der Waals surface area contributed by atoms with Crippen molar-refractivity contribution in [3.05, 3.63) is 53.0 Å². The van der Waals surface area contributed by atoms with E-state index < -0.39 is 0 Å². The van der Waals surface area contributed by atoms with E-state index in [-0.39, 0.29) is 5.91 Å². The van der Waals surface area contributed by atoms with Gasteiger partial charge in [-0.2, -0.15) is 0 Å². The van der Waals surface area contributed by atoms with E-state index in [0.717, 1.165) is 33.5 Å². The van der Waals surface area contributed by atoms with Crippen molar-refractivity contribution < 1.29 is 9.53 Å². The average Bonchev–Trinajstić information content (AvgIpc) is 3.06. The lowest BCUT2D eigenvalue weighted by Gasteiger charge is -2.03. The number of benzene rings is 2. The summed E-state index contributed by atoms with van der Waals surface area (Å²) in [5.74, 6) is 0.609. The number of rotatable bonds is 5. The highest BCUT2D eigenvalue weighted by Gasteiger charge is 2.04. The van der Waals surface area contributed by atoms with Gasteiger partial charge in [0.15, 0.2) is 0 Å². The second-order valence-electron chi connectivity index (χ2n) is 5.15. The summed E-state index contributed by atoms with van der Waals surface area (Å²) in [7, 11) is 1.65. The Balaban J connectivity index is 1.71. The zero-order valence-electron chi connectivity index (χ0n) is 13.4. The summed E-state index contributed by atoms with van der Waals surface area (Å²) in [5.41, 5.74) is 0.953. The van der Waals surface area contributed by atoms with E-state index in [1.807, 2.05) is 43.3 Å². The molecule has 0 spiro atoms.